The summed E-state index contributed by atoms with van der Waals surface area (Å²) in [7, 11) is 0. The highest BCUT2D eigenvalue weighted by molar-refractivity contribution is 5.69. The number of allylic oxidation sites excluding steroid dienone is 1. The predicted octanol–water partition coefficient (Wildman–Crippen LogP) is 13.8. The van der Waals surface area contributed by atoms with Crippen molar-refractivity contribution in [3.8, 4) is 0 Å². The first kappa shape index (κ1) is 53.0. The fourth-order valence-corrected chi connectivity index (χ4v) is 13.7. The number of ether oxygens (including phenoxy) is 3. The summed E-state index contributed by atoms with van der Waals surface area (Å²) in [6.45, 7) is 17.0. The SMILES string of the molecule is CCCCCCCCCCCCCCCCCCCCCC(=O)OCC1O[C@@H](O[C@H]2CC[C@@]3(C)C(=CC[C@H]4[C@@H]5CC[C@H]([C@H](C)CC[C@@H](C)C(C)C)[C@@]5(C)CC[C@@H]43)C2)[C@@H](O)C(O)[C@@H]1O. The molecule has 5 rings (SSSR count). The first-order chi connectivity index (χ1) is 30.3. The van der Waals surface area contributed by atoms with Crippen LogP contribution in [0.15, 0.2) is 11.6 Å². The molecule has 4 aliphatic carbocycles. The van der Waals surface area contributed by atoms with Crippen molar-refractivity contribution in [3.05, 3.63) is 11.6 Å². The lowest BCUT2D eigenvalue weighted by Gasteiger charge is -2.58. The van der Waals surface area contributed by atoms with Gasteiger partial charge in [-0.25, -0.2) is 0 Å². The van der Waals surface area contributed by atoms with Crippen molar-refractivity contribution in [1.29, 1.82) is 0 Å². The molecule has 0 radical (unpaired) electrons. The Morgan fingerprint density at radius 3 is 1.89 bits per heavy atom. The largest absolute Gasteiger partial charge is 0.463 e. The molecule has 4 fully saturated rings. The van der Waals surface area contributed by atoms with Gasteiger partial charge >= 0.3 is 5.97 Å². The molecule has 366 valence electrons. The zero-order valence-corrected chi connectivity index (χ0v) is 42.0. The highest BCUT2D eigenvalue weighted by Gasteiger charge is 2.59. The number of hydrogen-bond donors (Lipinski definition) is 3. The Labute approximate surface area is 387 Å². The molecule has 7 heteroatoms. The Morgan fingerprint density at radius 1 is 0.714 bits per heavy atom. The topological polar surface area (TPSA) is 105 Å². The molecule has 14 atom stereocenters. The zero-order chi connectivity index (χ0) is 45.4. The Kier molecular flexibility index (Phi) is 22.3. The van der Waals surface area contributed by atoms with E-state index in [0.29, 0.717) is 17.8 Å². The maximum Gasteiger partial charge on any atom is 0.305 e. The Hall–Kier alpha value is -0.990. The summed E-state index contributed by atoms with van der Waals surface area (Å²) in [5, 5.41) is 32.6. The van der Waals surface area contributed by atoms with Crippen LogP contribution in [0.4, 0.5) is 0 Å². The number of carbonyl (C=O) groups is 1. The summed E-state index contributed by atoms with van der Waals surface area (Å²) in [6.07, 6.45) is 33.5. The van der Waals surface area contributed by atoms with Crippen LogP contribution in [-0.4, -0.2) is 64.7 Å². The number of unbranched alkanes of at least 4 members (excludes halogenated alkanes) is 18. The molecule has 1 heterocycles. The Balaban J connectivity index is 0.954. The number of esters is 1. The van der Waals surface area contributed by atoms with Crippen molar-refractivity contribution >= 4 is 5.97 Å². The molecule has 3 N–H and O–H groups in total. The summed E-state index contributed by atoms with van der Waals surface area (Å²) in [5.74, 6) is 5.17. The van der Waals surface area contributed by atoms with Gasteiger partial charge in [-0.3, -0.25) is 4.79 Å². The smallest absolute Gasteiger partial charge is 0.305 e. The van der Waals surface area contributed by atoms with Gasteiger partial charge in [0.15, 0.2) is 6.29 Å². The minimum absolute atomic E-state index is 0.140. The molecule has 2 unspecified atom stereocenters. The average Bonchev–Trinajstić information content (AvgIpc) is 3.63. The highest BCUT2D eigenvalue weighted by Crippen LogP contribution is 2.67. The van der Waals surface area contributed by atoms with Crippen LogP contribution >= 0.6 is 0 Å². The molecule has 0 aromatic heterocycles. The van der Waals surface area contributed by atoms with E-state index < -0.39 is 30.7 Å². The molecular weight excluding hydrogens is 785 g/mol. The maximum absolute atomic E-state index is 12.7. The van der Waals surface area contributed by atoms with Gasteiger partial charge in [-0.1, -0.05) is 189 Å². The fraction of sp³-hybridized carbons (Fsp3) is 0.946. The van der Waals surface area contributed by atoms with E-state index in [9.17, 15) is 20.1 Å². The molecule has 0 amide bonds. The average molecular weight is 885 g/mol. The third-order valence-electron chi connectivity index (χ3n) is 18.4. The van der Waals surface area contributed by atoms with E-state index in [1.807, 2.05) is 0 Å². The standard InChI is InChI=1S/C56H100O7/c1-8-9-10-11-12-13-14-15-16-17-18-19-20-21-22-23-24-25-26-27-50(57)61-39-49-51(58)52(59)53(60)54(63-49)62-44-34-36-55(6)43(38-44)30-31-45-47-33-32-46(56(47,7)37-35-48(45)55)42(5)29-28-41(4)40(2)3/h30,40-42,44-49,51-54,58-60H,8-29,31-39H2,1-7H3/t41-,42-,44+,45+,46-,47+,48+,49?,51-,52?,53+,54-,55+,56-/m1/s1. The predicted molar refractivity (Wildman–Crippen MR) is 258 cm³/mol. The lowest BCUT2D eigenvalue weighted by molar-refractivity contribution is -0.313. The summed E-state index contributed by atoms with van der Waals surface area (Å²) < 4.78 is 18.1. The maximum atomic E-state index is 12.7. The fourth-order valence-electron chi connectivity index (χ4n) is 13.7. The normalized spacial score (nSPS) is 35.1. The van der Waals surface area contributed by atoms with Gasteiger partial charge in [-0.05, 0) is 110 Å². The number of rotatable bonds is 29. The van der Waals surface area contributed by atoms with Crippen molar-refractivity contribution in [3.63, 3.8) is 0 Å². The van der Waals surface area contributed by atoms with Crippen molar-refractivity contribution in [2.24, 2.45) is 52.3 Å². The summed E-state index contributed by atoms with van der Waals surface area (Å²) in [5.41, 5.74) is 2.13. The van der Waals surface area contributed by atoms with Gasteiger partial charge in [0.05, 0.1) is 6.10 Å². The van der Waals surface area contributed by atoms with Gasteiger partial charge in [0.1, 0.15) is 31.0 Å². The van der Waals surface area contributed by atoms with Crippen molar-refractivity contribution in [2.45, 2.75) is 278 Å². The molecular formula is C56H100O7. The minimum Gasteiger partial charge on any atom is -0.463 e. The van der Waals surface area contributed by atoms with E-state index in [-0.39, 0.29) is 24.1 Å². The molecule has 63 heavy (non-hydrogen) atoms. The lowest BCUT2D eigenvalue weighted by atomic mass is 9.47. The lowest BCUT2D eigenvalue weighted by Crippen LogP contribution is -2.60. The van der Waals surface area contributed by atoms with Crippen LogP contribution in [0.3, 0.4) is 0 Å². The monoisotopic (exact) mass is 885 g/mol. The first-order valence-corrected chi connectivity index (χ1v) is 27.5. The summed E-state index contributed by atoms with van der Waals surface area (Å²) in [6, 6.07) is 0. The van der Waals surface area contributed by atoms with E-state index in [1.165, 1.54) is 147 Å². The Bertz CT molecular complexity index is 1330. The van der Waals surface area contributed by atoms with Crippen LogP contribution in [0.2, 0.25) is 0 Å². The second-order valence-corrected chi connectivity index (χ2v) is 23.1. The molecule has 5 aliphatic rings. The minimum atomic E-state index is -1.44. The van der Waals surface area contributed by atoms with Crippen LogP contribution in [0.1, 0.15) is 241 Å². The number of fused-ring (bicyclic) bond motifs is 5. The van der Waals surface area contributed by atoms with E-state index >= 15 is 0 Å². The second-order valence-electron chi connectivity index (χ2n) is 23.1. The molecule has 0 aromatic rings. The van der Waals surface area contributed by atoms with Gasteiger partial charge in [-0.15, -0.1) is 0 Å². The van der Waals surface area contributed by atoms with Gasteiger partial charge < -0.3 is 29.5 Å². The van der Waals surface area contributed by atoms with Crippen molar-refractivity contribution in [2.75, 3.05) is 6.61 Å². The zero-order valence-electron chi connectivity index (χ0n) is 42.0. The van der Waals surface area contributed by atoms with E-state index in [1.54, 1.807) is 0 Å². The van der Waals surface area contributed by atoms with E-state index in [0.717, 1.165) is 80.5 Å². The quantitative estimate of drug-likeness (QED) is 0.0390. The van der Waals surface area contributed by atoms with Crippen LogP contribution in [0, 0.1) is 52.3 Å². The first-order valence-electron chi connectivity index (χ1n) is 27.5. The number of aliphatic hydroxyl groups is 3. The van der Waals surface area contributed by atoms with Crippen LogP contribution in [0.25, 0.3) is 0 Å². The van der Waals surface area contributed by atoms with Gasteiger partial charge in [0.25, 0.3) is 0 Å². The Morgan fingerprint density at radius 2 is 1.30 bits per heavy atom. The van der Waals surface area contributed by atoms with Gasteiger partial charge in [0.2, 0.25) is 0 Å². The second kappa shape index (κ2) is 26.5. The van der Waals surface area contributed by atoms with E-state index in [2.05, 4.69) is 54.5 Å². The molecule has 0 bridgehead atoms. The number of aliphatic hydroxyl groups excluding tert-OH is 3. The van der Waals surface area contributed by atoms with Gasteiger partial charge in [0, 0.05) is 6.42 Å². The summed E-state index contributed by atoms with van der Waals surface area (Å²) >= 11 is 0. The van der Waals surface area contributed by atoms with Crippen LogP contribution in [0.5, 0.6) is 0 Å². The van der Waals surface area contributed by atoms with Gasteiger partial charge in [-0.2, -0.15) is 0 Å². The van der Waals surface area contributed by atoms with Crippen molar-refractivity contribution < 1.29 is 34.3 Å². The third-order valence-corrected chi connectivity index (χ3v) is 18.4. The highest BCUT2D eigenvalue weighted by atomic mass is 16.7. The molecule has 0 spiro atoms. The summed E-state index contributed by atoms with van der Waals surface area (Å²) in [4.78, 5) is 12.7. The molecule has 1 saturated heterocycles. The molecule has 7 nitrogen and oxygen atoms in total. The van der Waals surface area contributed by atoms with Crippen LogP contribution < -0.4 is 0 Å². The third kappa shape index (κ3) is 14.8. The molecule has 0 aromatic carbocycles. The number of carbonyl (C=O) groups excluding carboxylic acids is 1. The number of hydrogen-bond acceptors (Lipinski definition) is 7. The molecule has 1 aliphatic heterocycles. The molecule has 3 saturated carbocycles. The van der Waals surface area contributed by atoms with E-state index in [4.69, 9.17) is 14.2 Å². The van der Waals surface area contributed by atoms with Crippen molar-refractivity contribution in [1.82, 2.24) is 0 Å². The van der Waals surface area contributed by atoms with Crippen LogP contribution in [-0.2, 0) is 19.0 Å².